The van der Waals surface area contributed by atoms with Gasteiger partial charge in [0.2, 0.25) is 0 Å². The minimum atomic E-state index is -1.01. The standard InChI is InChI=1S/C22H31NO8/c1-12(2)9-21(26)28-13(3)14(4)29-22(27)18(23)10-17-7-8-19(30-15(5)24)20(11-17)31-16(6)25/h7-8,11-14,18H,9-10,23H2,1-6H3/t13-,14-,18-/m0/s1. The Morgan fingerprint density at radius 3 is 1.97 bits per heavy atom. The molecule has 0 amide bonds. The summed E-state index contributed by atoms with van der Waals surface area (Å²) in [6, 6.07) is 3.50. The summed E-state index contributed by atoms with van der Waals surface area (Å²) < 4.78 is 20.7. The fourth-order valence-electron chi connectivity index (χ4n) is 2.54. The van der Waals surface area contributed by atoms with Gasteiger partial charge in [-0.3, -0.25) is 19.2 Å². The van der Waals surface area contributed by atoms with Gasteiger partial charge >= 0.3 is 23.9 Å². The van der Waals surface area contributed by atoms with Crippen LogP contribution in [0.15, 0.2) is 18.2 Å². The molecule has 9 heteroatoms. The van der Waals surface area contributed by atoms with Crippen molar-refractivity contribution < 1.29 is 38.1 Å². The van der Waals surface area contributed by atoms with Crippen LogP contribution in [0.4, 0.5) is 0 Å². The number of nitrogens with two attached hydrogens (primary N) is 1. The molecular formula is C22H31NO8. The minimum Gasteiger partial charge on any atom is -0.459 e. The van der Waals surface area contributed by atoms with Crippen molar-refractivity contribution in [2.75, 3.05) is 0 Å². The molecule has 0 fully saturated rings. The number of benzene rings is 1. The zero-order valence-corrected chi connectivity index (χ0v) is 18.8. The third-order valence-corrected chi connectivity index (χ3v) is 4.13. The van der Waals surface area contributed by atoms with Gasteiger partial charge in [-0.25, -0.2) is 0 Å². The van der Waals surface area contributed by atoms with Crippen molar-refractivity contribution in [2.45, 2.75) is 72.6 Å². The van der Waals surface area contributed by atoms with Gasteiger partial charge < -0.3 is 24.7 Å². The zero-order chi connectivity index (χ0) is 23.7. The lowest BCUT2D eigenvalue weighted by molar-refractivity contribution is -0.166. The van der Waals surface area contributed by atoms with Gasteiger partial charge in [-0.15, -0.1) is 0 Å². The van der Waals surface area contributed by atoms with Crippen molar-refractivity contribution in [3.05, 3.63) is 23.8 Å². The van der Waals surface area contributed by atoms with Gasteiger partial charge in [0, 0.05) is 20.3 Å². The van der Waals surface area contributed by atoms with E-state index in [9.17, 15) is 19.2 Å². The lowest BCUT2D eigenvalue weighted by Crippen LogP contribution is -2.39. The van der Waals surface area contributed by atoms with Crippen molar-refractivity contribution in [3.63, 3.8) is 0 Å². The summed E-state index contributed by atoms with van der Waals surface area (Å²) in [5.74, 6) is -1.91. The first-order valence-corrected chi connectivity index (χ1v) is 10.0. The van der Waals surface area contributed by atoms with E-state index in [-0.39, 0.29) is 36.2 Å². The molecule has 1 aromatic rings. The molecule has 0 unspecified atom stereocenters. The van der Waals surface area contributed by atoms with E-state index in [0.717, 1.165) is 0 Å². The summed E-state index contributed by atoms with van der Waals surface area (Å²) in [6.07, 6.45) is -0.946. The van der Waals surface area contributed by atoms with Crippen LogP contribution in [0.3, 0.4) is 0 Å². The largest absolute Gasteiger partial charge is 0.459 e. The highest BCUT2D eigenvalue weighted by Crippen LogP contribution is 2.29. The van der Waals surface area contributed by atoms with Crippen LogP contribution < -0.4 is 15.2 Å². The van der Waals surface area contributed by atoms with Crippen LogP contribution in [0.2, 0.25) is 0 Å². The predicted octanol–water partition coefficient (Wildman–Crippen LogP) is 2.32. The Morgan fingerprint density at radius 2 is 1.42 bits per heavy atom. The first kappa shape index (κ1) is 26.1. The second kappa shape index (κ2) is 12.0. The van der Waals surface area contributed by atoms with Gasteiger partial charge in [0.1, 0.15) is 18.2 Å². The average molecular weight is 437 g/mol. The number of esters is 4. The summed E-state index contributed by atoms with van der Waals surface area (Å²) in [5, 5.41) is 0. The van der Waals surface area contributed by atoms with Crippen LogP contribution in [0.1, 0.15) is 53.5 Å². The molecule has 0 heterocycles. The van der Waals surface area contributed by atoms with E-state index in [1.165, 1.54) is 26.0 Å². The summed E-state index contributed by atoms with van der Waals surface area (Å²) in [4.78, 5) is 46.7. The SMILES string of the molecule is CC(=O)Oc1ccc(C[C@H](N)C(=O)O[C@@H](C)[C@H](C)OC(=O)CC(C)C)cc1OC(C)=O. The summed E-state index contributed by atoms with van der Waals surface area (Å²) in [7, 11) is 0. The Labute approximate surface area is 182 Å². The molecule has 172 valence electrons. The quantitative estimate of drug-likeness (QED) is 0.432. The van der Waals surface area contributed by atoms with Crippen LogP contribution >= 0.6 is 0 Å². The van der Waals surface area contributed by atoms with Gasteiger partial charge in [-0.05, 0) is 43.9 Å². The van der Waals surface area contributed by atoms with Gasteiger partial charge in [0.05, 0.1) is 0 Å². The monoisotopic (exact) mass is 437 g/mol. The highest BCUT2D eigenvalue weighted by molar-refractivity contribution is 5.77. The highest BCUT2D eigenvalue weighted by atomic mass is 16.6. The molecule has 0 bridgehead atoms. The summed E-state index contributed by atoms with van der Waals surface area (Å²) in [5.41, 5.74) is 6.53. The molecule has 9 nitrogen and oxygen atoms in total. The maximum atomic E-state index is 12.4. The molecule has 0 aliphatic carbocycles. The molecule has 0 aromatic heterocycles. The molecule has 0 saturated heterocycles. The Balaban J connectivity index is 2.75. The van der Waals surface area contributed by atoms with E-state index < -0.39 is 36.2 Å². The maximum absolute atomic E-state index is 12.4. The van der Waals surface area contributed by atoms with Crippen LogP contribution in [0, 0.1) is 5.92 Å². The van der Waals surface area contributed by atoms with Crippen molar-refractivity contribution in [1.29, 1.82) is 0 Å². The lowest BCUT2D eigenvalue weighted by Gasteiger charge is -2.23. The Kier molecular flexibility index (Phi) is 10.1. The second-order valence-corrected chi connectivity index (χ2v) is 7.71. The van der Waals surface area contributed by atoms with Crippen LogP contribution in [0.5, 0.6) is 11.5 Å². The average Bonchev–Trinajstić information content (AvgIpc) is 2.62. The number of rotatable bonds is 10. The number of carbonyl (C=O) groups excluding carboxylic acids is 4. The van der Waals surface area contributed by atoms with E-state index in [2.05, 4.69) is 0 Å². The van der Waals surface area contributed by atoms with Crippen LogP contribution in [-0.4, -0.2) is 42.1 Å². The Morgan fingerprint density at radius 1 is 0.871 bits per heavy atom. The molecule has 0 aliphatic heterocycles. The van der Waals surface area contributed by atoms with Crippen molar-refractivity contribution in [1.82, 2.24) is 0 Å². The molecule has 3 atom stereocenters. The Bertz CT molecular complexity index is 805. The van der Waals surface area contributed by atoms with Gasteiger partial charge in [-0.1, -0.05) is 19.9 Å². The lowest BCUT2D eigenvalue weighted by atomic mass is 10.1. The van der Waals surface area contributed by atoms with E-state index in [1.54, 1.807) is 19.9 Å². The summed E-state index contributed by atoms with van der Waals surface area (Å²) in [6.45, 7) is 9.50. The van der Waals surface area contributed by atoms with Crippen LogP contribution in [-0.2, 0) is 35.1 Å². The third kappa shape index (κ3) is 9.61. The molecule has 0 aliphatic rings. The van der Waals surface area contributed by atoms with Gasteiger partial charge in [-0.2, -0.15) is 0 Å². The molecule has 0 saturated carbocycles. The van der Waals surface area contributed by atoms with Gasteiger partial charge in [0.25, 0.3) is 0 Å². The number of hydrogen-bond donors (Lipinski definition) is 1. The first-order chi connectivity index (χ1) is 14.4. The molecule has 31 heavy (non-hydrogen) atoms. The Hall–Kier alpha value is -2.94. The number of carbonyl (C=O) groups is 4. The molecular weight excluding hydrogens is 406 g/mol. The minimum absolute atomic E-state index is 0.0415. The van der Waals surface area contributed by atoms with Gasteiger partial charge in [0.15, 0.2) is 11.5 Å². The van der Waals surface area contributed by atoms with E-state index in [4.69, 9.17) is 24.7 Å². The summed E-state index contributed by atoms with van der Waals surface area (Å²) >= 11 is 0. The fourth-order valence-corrected chi connectivity index (χ4v) is 2.54. The molecule has 2 N–H and O–H groups in total. The van der Waals surface area contributed by atoms with Crippen molar-refractivity contribution in [2.24, 2.45) is 11.7 Å². The molecule has 1 rings (SSSR count). The molecule has 1 aromatic carbocycles. The topological polar surface area (TPSA) is 131 Å². The zero-order valence-electron chi connectivity index (χ0n) is 18.8. The first-order valence-electron chi connectivity index (χ1n) is 10.0. The smallest absolute Gasteiger partial charge is 0.323 e. The second-order valence-electron chi connectivity index (χ2n) is 7.71. The predicted molar refractivity (Wildman–Crippen MR) is 111 cm³/mol. The number of ether oxygens (including phenoxy) is 4. The fraction of sp³-hybridized carbons (Fsp3) is 0.545. The molecule has 0 spiro atoms. The van der Waals surface area contributed by atoms with E-state index >= 15 is 0 Å². The third-order valence-electron chi connectivity index (χ3n) is 4.13. The maximum Gasteiger partial charge on any atom is 0.323 e. The van der Waals surface area contributed by atoms with E-state index in [0.29, 0.717) is 5.56 Å². The van der Waals surface area contributed by atoms with Crippen molar-refractivity contribution >= 4 is 23.9 Å². The normalized spacial score (nSPS) is 13.7. The van der Waals surface area contributed by atoms with E-state index in [1.807, 2.05) is 13.8 Å². The number of hydrogen-bond acceptors (Lipinski definition) is 9. The van der Waals surface area contributed by atoms with Crippen LogP contribution in [0.25, 0.3) is 0 Å². The molecule has 0 radical (unpaired) electrons. The van der Waals surface area contributed by atoms with Crippen molar-refractivity contribution in [3.8, 4) is 11.5 Å². The highest BCUT2D eigenvalue weighted by Gasteiger charge is 2.25.